The minimum atomic E-state index is -2.51. The molecule has 0 unspecified atom stereocenters. The van der Waals surface area contributed by atoms with Gasteiger partial charge in [-0.15, -0.1) is 10.2 Å². The zero-order valence-electron chi connectivity index (χ0n) is 7.59. The van der Waals surface area contributed by atoms with Crippen molar-refractivity contribution in [1.29, 1.82) is 0 Å². The molecule has 0 saturated heterocycles. The van der Waals surface area contributed by atoms with E-state index < -0.39 is 7.68 Å². The van der Waals surface area contributed by atoms with Gasteiger partial charge in [-0.3, -0.25) is 0 Å². The maximum Gasteiger partial charge on any atom is 0.367 e. The second-order valence-electron chi connectivity index (χ2n) is 2.26. The number of rotatable bonds is 1. The SMILES string of the molecule is O=P(=O)c1ccccn1.c1cnnnc1. The Balaban J connectivity index is 0.000000162. The molecule has 0 saturated carbocycles. The maximum atomic E-state index is 10.2. The standard InChI is InChI=1S/C5H4NO2P.C3H3N3/c7-9(8)5-3-1-2-4-6-5;1-2-4-6-5-3-1/h1-4H;1-3H. The molecule has 0 aliphatic rings. The Labute approximate surface area is 86.2 Å². The minimum Gasteiger partial charge on any atom is -0.246 e. The first-order valence-corrected chi connectivity index (χ1v) is 5.12. The number of nitrogens with zero attached hydrogens (tertiary/aromatic N) is 4. The van der Waals surface area contributed by atoms with Crippen molar-refractivity contribution >= 4 is 13.1 Å². The van der Waals surface area contributed by atoms with E-state index in [1.807, 2.05) is 0 Å². The van der Waals surface area contributed by atoms with Crippen LogP contribution >= 0.6 is 7.68 Å². The van der Waals surface area contributed by atoms with E-state index in [1.54, 1.807) is 30.6 Å². The van der Waals surface area contributed by atoms with Crippen molar-refractivity contribution in [2.24, 2.45) is 0 Å². The molecule has 0 aliphatic carbocycles. The van der Waals surface area contributed by atoms with E-state index in [4.69, 9.17) is 0 Å². The molecule has 0 spiro atoms. The van der Waals surface area contributed by atoms with Gasteiger partial charge in [0.25, 0.3) is 0 Å². The Kier molecular flexibility index (Phi) is 4.83. The zero-order valence-corrected chi connectivity index (χ0v) is 8.49. The van der Waals surface area contributed by atoms with Gasteiger partial charge < -0.3 is 0 Å². The average molecular weight is 222 g/mol. The third kappa shape index (κ3) is 4.73. The lowest BCUT2D eigenvalue weighted by atomic mass is 10.5. The molecular formula is C8H7N4O2P. The van der Waals surface area contributed by atoms with Gasteiger partial charge in [0.05, 0.1) is 12.4 Å². The first kappa shape index (κ1) is 11.1. The first-order valence-electron chi connectivity index (χ1n) is 3.94. The molecule has 0 amide bonds. The predicted molar refractivity (Wildman–Crippen MR) is 52.0 cm³/mol. The smallest absolute Gasteiger partial charge is 0.246 e. The van der Waals surface area contributed by atoms with Crippen LogP contribution < -0.4 is 5.44 Å². The van der Waals surface area contributed by atoms with Crippen LogP contribution in [0.15, 0.2) is 42.9 Å². The molecule has 0 aromatic carbocycles. The molecule has 76 valence electrons. The van der Waals surface area contributed by atoms with Crippen LogP contribution in [-0.4, -0.2) is 20.4 Å². The Bertz CT molecular complexity index is 412. The van der Waals surface area contributed by atoms with Crippen molar-refractivity contribution in [3.63, 3.8) is 0 Å². The molecule has 7 heteroatoms. The molecule has 2 heterocycles. The van der Waals surface area contributed by atoms with Gasteiger partial charge in [0.1, 0.15) is 0 Å². The number of hydrogen-bond donors (Lipinski definition) is 0. The molecule has 0 fully saturated rings. The normalized spacial score (nSPS) is 8.53. The molecular weight excluding hydrogens is 215 g/mol. The maximum absolute atomic E-state index is 10.2. The van der Waals surface area contributed by atoms with Crippen molar-refractivity contribution in [3.05, 3.63) is 42.9 Å². The molecule has 0 atom stereocenters. The van der Waals surface area contributed by atoms with Crippen molar-refractivity contribution < 1.29 is 9.13 Å². The van der Waals surface area contributed by atoms with Crippen LogP contribution in [0.25, 0.3) is 0 Å². The van der Waals surface area contributed by atoms with Gasteiger partial charge in [-0.1, -0.05) is 6.07 Å². The van der Waals surface area contributed by atoms with Gasteiger partial charge >= 0.3 is 7.68 Å². The highest BCUT2D eigenvalue weighted by atomic mass is 31.1. The summed E-state index contributed by atoms with van der Waals surface area (Å²) in [6.45, 7) is 0. The lowest BCUT2D eigenvalue weighted by Crippen LogP contribution is -1.95. The summed E-state index contributed by atoms with van der Waals surface area (Å²) in [4.78, 5) is 3.58. The topological polar surface area (TPSA) is 85.7 Å². The first-order chi connectivity index (χ1) is 7.30. The molecule has 0 bridgehead atoms. The van der Waals surface area contributed by atoms with Gasteiger partial charge in [-0.25, -0.2) is 14.1 Å². The third-order valence-electron chi connectivity index (χ3n) is 1.25. The van der Waals surface area contributed by atoms with Gasteiger partial charge in [0, 0.05) is 6.20 Å². The number of pyridine rings is 1. The molecule has 2 aromatic heterocycles. The molecule has 0 aliphatic heterocycles. The fourth-order valence-corrected chi connectivity index (χ4v) is 1.04. The van der Waals surface area contributed by atoms with Gasteiger partial charge in [-0.2, -0.15) is 0 Å². The Morgan fingerprint density at radius 2 is 1.67 bits per heavy atom. The van der Waals surface area contributed by atoms with Crippen LogP contribution in [0, 0.1) is 0 Å². The summed E-state index contributed by atoms with van der Waals surface area (Å²) in [6.07, 6.45) is 4.60. The van der Waals surface area contributed by atoms with Gasteiger partial charge in [0.15, 0.2) is 5.44 Å². The fourth-order valence-electron chi connectivity index (χ4n) is 0.667. The monoisotopic (exact) mass is 222 g/mol. The second kappa shape index (κ2) is 6.50. The van der Waals surface area contributed by atoms with Crippen LogP contribution in [0.1, 0.15) is 0 Å². The van der Waals surface area contributed by atoms with E-state index in [1.165, 1.54) is 12.3 Å². The Morgan fingerprint density at radius 1 is 0.933 bits per heavy atom. The average Bonchev–Trinajstić information content (AvgIpc) is 2.33. The van der Waals surface area contributed by atoms with Crippen molar-refractivity contribution in [2.75, 3.05) is 0 Å². The molecule has 0 N–H and O–H groups in total. The predicted octanol–water partition coefficient (Wildman–Crippen LogP) is 0.751. The Hall–Kier alpha value is -1.94. The molecule has 15 heavy (non-hydrogen) atoms. The summed E-state index contributed by atoms with van der Waals surface area (Å²) in [7, 11) is -2.51. The lowest BCUT2D eigenvalue weighted by Gasteiger charge is -1.80. The van der Waals surface area contributed by atoms with E-state index in [2.05, 4.69) is 20.4 Å². The van der Waals surface area contributed by atoms with E-state index in [0.717, 1.165) is 0 Å². The molecule has 2 aromatic rings. The fraction of sp³-hybridized carbons (Fsp3) is 0. The summed E-state index contributed by atoms with van der Waals surface area (Å²) in [5.41, 5.74) is 0.118. The van der Waals surface area contributed by atoms with Crippen LogP contribution in [0.4, 0.5) is 0 Å². The van der Waals surface area contributed by atoms with E-state index in [9.17, 15) is 9.13 Å². The Morgan fingerprint density at radius 3 is 1.93 bits per heavy atom. The molecule has 6 nitrogen and oxygen atoms in total. The van der Waals surface area contributed by atoms with Crippen LogP contribution in [0.3, 0.4) is 0 Å². The number of hydrogen-bond acceptors (Lipinski definition) is 6. The summed E-state index contributed by atoms with van der Waals surface area (Å²) in [5, 5.41) is 10.1. The minimum absolute atomic E-state index is 0.118. The van der Waals surface area contributed by atoms with Crippen molar-refractivity contribution in [2.45, 2.75) is 0 Å². The lowest BCUT2D eigenvalue weighted by molar-refractivity contribution is 0.522. The summed E-state index contributed by atoms with van der Waals surface area (Å²) in [5.74, 6) is 0. The molecule has 2 rings (SSSR count). The van der Waals surface area contributed by atoms with Crippen molar-refractivity contribution in [1.82, 2.24) is 20.4 Å². The van der Waals surface area contributed by atoms with Crippen LogP contribution in [0.2, 0.25) is 0 Å². The third-order valence-corrected chi connectivity index (χ3v) is 1.88. The largest absolute Gasteiger partial charge is 0.367 e. The van der Waals surface area contributed by atoms with Gasteiger partial charge in [0.2, 0.25) is 0 Å². The van der Waals surface area contributed by atoms with E-state index in [0.29, 0.717) is 0 Å². The summed E-state index contributed by atoms with van der Waals surface area (Å²) >= 11 is 0. The van der Waals surface area contributed by atoms with Crippen LogP contribution in [0.5, 0.6) is 0 Å². The summed E-state index contributed by atoms with van der Waals surface area (Å²) in [6, 6.07) is 6.47. The highest BCUT2D eigenvalue weighted by Gasteiger charge is 1.94. The van der Waals surface area contributed by atoms with E-state index in [-0.39, 0.29) is 5.44 Å². The number of aromatic nitrogens is 4. The van der Waals surface area contributed by atoms with Crippen molar-refractivity contribution in [3.8, 4) is 0 Å². The highest BCUT2D eigenvalue weighted by molar-refractivity contribution is 7.40. The second-order valence-corrected chi connectivity index (χ2v) is 3.23. The highest BCUT2D eigenvalue weighted by Crippen LogP contribution is 1.98. The quantitative estimate of drug-likeness (QED) is 0.662. The van der Waals surface area contributed by atoms with E-state index >= 15 is 0 Å². The molecule has 0 radical (unpaired) electrons. The zero-order chi connectivity index (χ0) is 10.9. The van der Waals surface area contributed by atoms with Crippen LogP contribution in [-0.2, 0) is 9.13 Å². The van der Waals surface area contributed by atoms with Gasteiger partial charge in [-0.05, 0) is 23.4 Å². The summed E-state index contributed by atoms with van der Waals surface area (Å²) < 4.78 is 20.4.